The lowest BCUT2D eigenvalue weighted by Crippen LogP contribution is -1.96. The number of aromatic nitrogens is 2. The molecule has 0 amide bonds. The van der Waals surface area contributed by atoms with Crippen LogP contribution in [0.4, 0.5) is 5.69 Å². The maximum Gasteiger partial charge on any atom is 0.0838 e. The molecule has 0 aliphatic carbocycles. The topological polar surface area (TPSA) is 50.2 Å². The summed E-state index contributed by atoms with van der Waals surface area (Å²) in [6, 6.07) is 28.2. The van der Waals surface area contributed by atoms with Gasteiger partial charge in [0.05, 0.1) is 34.1 Å². The highest BCUT2D eigenvalue weighted by Gasteiger charge is 2.07. The Bertz CT molecular complexity index is 1250. The number of rotatable bonds is 3. The smallest absolute Gasteiger partial charge is 0.0838 e. The molecule has 2 heterocycles. The van der Waals surface area contributed by atoms with Crippen LogP contribution in [0.5, 0.6) is 0 Å². The summed E-state index contributed by atoms with van der Waals surface area (Å²) in [6.45, 7) is 0. The quantitative estimate of drug-likeness (QED) is 0.270. The maximum absolute atomic E-state index is 4.73. The first-order valence-electron chi connectivity index (χ1n) is 8.81. The van der Waals surface area contributed by atoms with E-state index in [9.17, 15) is 0 Å². The number of anilines is 1. The Morgan fingerprint density at radius 3 is 2.00 bits per heavy atom. The minimum absolute atomic E-state index is 0.809. The highest BCUT2D eigenvalue weighted by atomic mass is 15.3. The van der Waals surface area contributed by atoms with Gasteiger partial charge in [-0.3, -0.25) is 5.43 Å². The molecule has 128 valence electrons. The Hall–Kier alpha value is -3.79. The van der Waals surface area contributed by atoms with Crippen LogP contribution in [0.25, 0.3) is 32.7 Å². The second-order valence-electron chi connectivity index (χ2n) is 6.32. The molecular formula is C23H16N4. The van der Waals surface area contributed by atoms with Crippen molar-refractivity contribution in [3.05, 3.63) is 90.6 Å². The Labute approximate surface area is 156 Å². The van der Waals surface area contributed by atoms with Gasteiger partial charge in [-0.25, -0.2) is 9.97 Å². The van der Waals surface area contributed by atoms with Crippen LogP contribution in [0.3, 0.4) is 0 Å². The molecule has 0 unspecified atom stereocenters. The number of benzene rings is 3. The number of hydrazone groups is 1. The van der Waals surface area contributed by atoms with Crippen molar-refractivity contribution in [3.63, 3.8) is 0 Å². The van der Waals surface area contributed by atoms with Crippen molar-refractivity contribution in [2.24, 2.45) is 5.10 Å². The highest BCUT2D eigenvalue weighted by Crippen LogP contribution is 2.30. The lowest BCUT2D eigenvalue weighted by Gasteiger charge is -2.09. The van der Waals surface area contributed by atoms with E-state index in [1.807, 2.05) is 60.7 Å². The van der Waals surface area contributed by atoms with E-state index in [0.717, 1.165) is 44.1 Å². The van der Waals surface area contributed by atoms with Gasteiger partial charge in [0.15, 0.2) is 0 Å². The van der Waals surface area contributed by atoms with Crippen LogP contribution in [0.15, 0.2) is 90.0 Å². The zero-order valence-corrected chi connectivity index (χ0v) is 14.5. The average Bonchev–Trinajstić information content (AvgIpc) is 2.73. The number of pyridine rings is 2. The minimum atomic E-state index is 0.809. The van der Waals surface area contributed by atoms with Crippen molar-refractivity contribution >= 4 is 44.6 Å². The molecule has 0 bridgehead atoms. The molecule has 0 saturated heterocycles. The predicted molar refractivity (Wildman–Crippen MR) is 112 cm³/mol. The molecule has 0 aliphatic rings. The van der Waals surface area contributed by atoms with E-state index in [-0.39, 0.29) is 0 Å². The van der Waals surface area contributed by atoms with E-state index < -0.39 is 0 Å². The molecule has 5 aromatic rings. The summed E-state index contributed by atoms with van der Waals surface area (Å²) in [5.74, 6) is 0. The summed E-state index contributed by atoms with van der Waals surface area (Å²) in [6.07, 6.45) is 1.75. The molecule has 27 heavy (non-hydrogen) atoms. The lowest BCUT2D eigenvalue weighted by atomic mass is 10.1. The first-order chi connectivity index (χ1) is 13.4. The molecule has 5 rings (SSSR count). The third kappa shape index (κ3) is 2.87. The van der Waals surface area contributed by atoms with Gasteiger partial charge >= 0.3 is 0 Å². The molecule has 4 nitrogen and oxygen atoms in total. The monoisotopic (exact) mass is 348 g/mol. The molecular weight excluding hydrogens is 332 g/mol. The fraction of sp³-hybridized carbons (Fsp3) is 0. The molecule has 0 fully saturated rings. The Balaban J connectivity index is 1.55. The predicted octanol–water partition coefficient (Wildman–Crippen LogP) is 5.38. The highest BCUT2D eigenvalue weighted by molar-refractivity contribution is 6.07. The Kier molecular flexibility index (Phi) is 3.72. The summed E-state index contributed by atoms with van der Waals surface area (Å²) >= 11 is 0. The minimum Gasteiger partial charge on any atom is -0.277 e. The van der Waals surface area contributed by atoms with Crippen LogP contribution in [-0.2, 0) is 0 Å². The molecule has 0 radical (unpaired) electrons. The zero-order valence-electron chi connectivity index (χ0n) is 14.5. The van der Waals surface area contributed by atoms with E-state index in [4.69, 9.17) is 4.98 Å². The second-order valence-corrected chi connectivity index (χ2v) is 6.32. The van der Waals surface area contributed by atoms with E-state index in [2.05, 4.69) is 39.8 Å². The number of fused-ring (bicyclic) bond motifs is 3. The number of para-hydroxylation sites is 3. The summed E-state index contributed by atoms with van der Waals surface area (Å²) in [5, 5.41) is 7.66. The van der Waals surface area contributed by atoms with Gasteiger partial charge in [0.1, 0.15) is 0 Å². The summed E-state index contributed by atoms with van der Waals surface area (Å²) < 4.78 is 0. The normalized spacial score (nSPS) is 11.6. The maximum atomic E-state index is 4.73. The molecule has 0 aliphatic heterocycles. The third-order valence-electron chi connectivity index (χ3n) is 4.58. The van der Waals surface area contributed by atoms with Gasteiger partial charge in [-0.1, -0.05) is 60.7 Å². The van der Waals surface area contributed by atoms with E-state index in [0.29, 0.717) is 0 Å². The van der Waals surface area contributed by atoms with Crippen LogP contribution in [0.2, 0.25) is 0 Å². The Morgan fingerprint density at radius 2 is 1.26 bits per heavy atom. The number of nitrogens with zero attached hydrogens (tertiary/aromatic N) is 3. The van der Waals surface area contributed by atoms with Gasteiger partial charge in [0.2, 0.25) is 0 Å². The van der Waals surface area contributed by atoms with E-state index in [1.165, 1.54) is 0 Å². The second kappa shape index (κ2) is 6.50. The summed E-state index contributed by atoms with van der Waals surface area (Å²) in [4.78, 5) is 9.36. The fourth-order valence-corrected chi connectivity index (χ4v) is 3.28. The van der Waals surface area contributed by atoms with Gasteiger partial charge in [-0.05, 0) is 24.3 Å². The van der Waals surface area contributed by atoms with Crippen molar-refractivity contribution in [1.82, 2.24) is 9.97 Å². The van der Waals surface area contributed by atoms with Crippen LogP contribution in [-0.4, -0.2) is 16.2 Å². The fourth-order valence-electron chi connectivity index (χ4n) is 3.28. The first-order valence-corrected chi connectivity index (χ1v) is 8.81. The van der Waals surface area contributed by atoms with Crippen LogP contribution in [0.1, 0.15) is 5.69 Å². The molecule has 0 spiro atoms. The number of hydrogen-bond acceptors (Lipinski definition) is 4. The first kappa shape index (κ1) is 15.5. The molecule has 0 saturated carbocycles. The van der Waals surface area contributed by atoms with Crippen molar-refractivity contribution in [3.8, 4) is 0 Å². The van der Waals surface area contributed by atoms with Crippen molar-refractivity contribution < 1.29 is 0 Å². The Morgan fingerprint density at radius 1 is 0.630 bits per heavy atom. The molecule has 3 aromatic carbocycles. The number of hydrogen-bond donors (Lipinski definition) is 1. The van der Waals surface area contributed by atoms with Gasteiger partial charge < -0.3 is 0 Å². The van der Waals surface area contributed by atoms with Gasteiger partial charge in [0.25, 0.3) is 0 Å². The lowest BCUT2D eigenvalue weighted by molar-refractivity contribution is 1.33. The zero-order chi connectivity index (χ0) is 18.1. The summed E-state index contributed by atoms with van der Waals surface area (Å²) in [5.41, 5.74) is 7.82. The van der Waals surface area contributed by atoms with Gasteiger partial charge in [-0.15, -0.1) is 0 Å². The standard InChI is InChI=1S/C23H16N4/c1-4-10-20-16(7-1)13-14-17(25-20)15-24-27-23-18-8-2-5-11-21(18)26-22-12-6-3-9-19(22)23/h1-15H,(H,26,27)/b24-15+. The van der Waals surface area contributed by atoms with Crippen LogP contribution < -0.4 is 5.43 Å². The number of nitrogens with one attached hydrogen (secondary N) is 1. The molecule has 2 aromatic heterocycles. The average molecular weight is 348 g/mol. The van der Waals surface area contributed by atoms with E-state index >= 15 is 0 Å². The van der Waals surface area contributed by atoms with Crippen molar-refractivity contribution in [1.29, 1.82) is 0 Å². The van der Waals surface area contributed by atoms with Crippen molar-refractivity contribution in [2.45, 2.75) is 0 Å². The molecule has 4 heteroatoms. The SMILES string of the molecule is C(=N\Nc1c2ccccc2nc2ccccc12)/c1ccc2ccccc2n1. The summed E-state index contributed by atoms with van der Waals surface area (Å²) in [7, 11) is 0. The van der Waals surface area contributed by atoms with Crippen LogP contribution >= 0.6 is 0 Å². The van der Waals surface area contributed by atoms with Crippen molar-refractivity contribution in [2.75, 3.05) is 5.43 Å². The van der Waals surface area contributed by atoms with Crippen LogP contribution in [0, 0.1) is 0 Å². The largest absolute Gasteiger partial charge is 0.277 e. The van der Waals surface area contributed by atoms with Gasteiger partial charge in [0, 0.05) is 16.2 Å². The molecule has 1 N–H and O–H groups in total. The van der Waals surface area contributed by atoms with E-state index in [1.54, 1.807) is 6.21 Å². The molecule has 0 atom stereocenters. The van der Waals surface area contributed by atoms with Gasteiger partial charge in [-0.2, -0.15) is 5.10 Å². The third-order valence-corrected chi connectivity index (χ3v) is 4.58.